The molecule has 3 aromatic rings. The summed E-state index contributed by atoms with van der Waals surface area (Å²) < 4.78 is 5.42. The van der Waals surface area contributed by atoms with Gasteiger partial charge in [-0.15, -0.1) is 0 Å². The molecular weight excluding hydrogens is 396 g/mol. The first-order valence-electron chi connectivity index (χ1n) is 10.1. The Balaban J connectivity index is 1.33. The molecule has 7 nitrogen and oxygen atoms in total. The van der Waals surface area contributed by atoms with Crippen LogP contribution in [0.4, 0.5) is 4.79 Å². The first-order valence-corrected chi connectivity index (χ1v) is 10.1. The van der Waals surface area contributed by atoms with Crippen LogP contribution in [0.3, 0.4) is 0 Å². The summed E-state index contributed by atoms with van der Waals surface area (Å²) in [5.74, 6) is -0.0564. The summed E-state index contributed by atoms with van der Waals surface area (Å²) in [7, 11) is 0. The van der Waals surface area contributed by atoms with Gasteiger partial charge in [-0.05, 0) is 34.4 Å². The molecule has 4 rings (SSSR count). The maximum atomic E-state index is 12.2. The van der Waals surface area contributed by atoms with Crippen LogP contribution in [0.2, 0.25) is 0 Å². The number of benzene rings is 2. The van der Waals surface area contributed by atoms with Crippen molar-refractivity contribution in [3.8, 4) is 11.1 Å². The van der Waals surface area contributed by atoms with Crippen molar-refractivity contribution in [1.29, 1.82) is 0 Å². The van der Waals surface area contributed by atoms with Crippen molar-refractivity contribution in [3.05, 3.63) is 89.2 Å². The molecule has 0 radical (unpaired) electrons. The van der Waals surface area contributed by atoms with Crippen molar-refractivity contribution < 1.29 is 24.9 Å². The molecule has 2 unspecified atom stereocenters. The van der Waals surface area contributed by atoms with E-state index >= 15 is 0 Å². The number of fused-ring (bicyclic) bond motifs is 3. The Morgan fingerprint density at radius 1 is 0.968 bits per heavy atom. The first-order chi connectivity index (χ1) is 15.1. The van der Waals surface area contributed by atoms with Gasteiger partial charge in [0, 0.05) is 12.5 Å². The maximum Gasteiger partial charge on any atom is 0.407 e. The lowest BCUT2D eigenvalue weighted by atomic mass is 9.98. The monoisotopic (exact) mass is 420 g/mol. The number of amides is 1. The molecule has 1 aromatic heterocycles. The fraction of sp³-hybridized carbons (Fsp3) is 0.250. The quantitative estimate of drug-likeness (QED) is 0.467. The SMILES string of the molecule is O=C(NCC(O)C(O)c1cccc(CO)n1)OCC1c2ccccc2-c2ccccc21. The summed E-state index contributed by atoms with van der Waals surface area (Å²) in [5, 5.41) is 32.1. The number of hydrogen-bond acceptors (Lipinski definition) is 6. The highest BCUT2D eigenvalue weighted by atomic mass is 16.5. The van der Waals surface area contributed by atoms with Crippen LogP contribution in [0.15, 0.2) is 66.7 Å². The lowest BCUT2D eigenvalue weighted by Gasteiger charge is -2.19. The van der Waals surface area contributed by atoms with Gasteiger partial charge in [0.05, 0.1) is 18.0 Å². The Morgan fingerprint density at radius 2 is 1.61 bits per heavy atom. The average molecular weight is 420 g/mol. The van der Waals surface area contributed by atoms with E-state index in [-0.39, 0.29) is 31.4 Å². The van der Waals surface area contributed by atoms with Crippen LogP contribution in [-0.2, 0) is 11.3 Å². The van der Waals surface area contributed by atoms with Crippen LogP contribution in [0.25, 0.3) is 11.1 Å². The molecule has 160 valence electrons. The topological polar surface area (TPSA) is 112 Å². The largest absolute Gasteiger partial charge is 0.449 e. The number of aliphatic hydroxyl groups excluding tert-OH is 3. The molecule has 0 saturated carbocycles. The molecule has 2 atom stereocenters. The summed E-state index contributed by atoms with van der Waals surface area (Å²) in [6.45, 7) is -0.309. The number of nitrogens with zero attached hydrogens (tertiary/aromatic N) is 1. The van der Waals surface area contributed by atoms with Crippen LogP contribution in [0.5, 0.6) is 0 Å². The van der Waals surface area contributed by atoms with Crippen LogP contribution >= 0.6 is 0 Å². The van der Waals surface area contributed by atoms with E-state index < -0.39 is 18.3 Å². The molecule has 2 aromatic carbocycles. The number of aromatic nitrogens is 1. The highest BCUT2D eigenvalue weighted by Gasteiger charge is 2.29. The summed E-state index contributed by atoms with van der Waals surface area (Å²) in [4.78, 5) is 16.3. The second kappa shape index (κ2) is 9.26. The van der Waals surface area contributed by atoms with E-state index in [0.717, 1.165) is 22.3 Å². The zero-order valence-electron chi connectivity index (χ0n) is 16.8. The number of rotatable bonds is 7. The Bertz CT molecular complexity index is 1030. The fourth-order valence-corrected chi connectivity index (χ4v) is 3.90. The maximum absolute atomic E-state index is 12.2. The number of alkyl carbamates (subject to hydrolysis) is 1. The van der Waals surface area contributed by atoms with Gasteiger partial charge < -0.3 is 25.4 Å². The zero-order valence-corrected chi connectivity index (χ0v) is 16.8. The Hall–Kier alpha value is -3.26. The van der Waals surface area contributed by atoms with Gasteiger partial charge in [-0.25, -0.2) is 4.79 Å². The van der Waals surface area contributed by atoms with Crippen molar-refractivity contribution in [2.24, 2.45) is 0 Å². The molecule has 0 aliphatic heterocycles. The van der Waals surface area contributed by atoms with Crippen molar-refractivity contribution in [3.63, 3.8) is 0 Å². The highest BCUT2D eigenvalue weighted by Crippen LogP contribution is 2.44. The number of nitrogens with one attached hydrogen (secondary N) is 1. The second-order valence-corrected chi connectivity index (χ2v) is 7.43. The lowest BCUT2D eigenvalue weighted by molar-refractivity contribution is 0.0158. The first kappa shape index (κ1) is 21.0. The van der Waals surface area contributed by atoms with Gasteiger partial charge in [-0.2, -0.15) is 0 Å². The van der Waals surface area contributed by atoms with E-state index in [9.17, 15) is 15.0 Å². The highest BCUT2D eigenvalue weighted by molar-refractivity contribution is 5.79. The minimum Gasteiger partial charge on any atom is -0.449 e. The van der Waals surface area contributed by atoms with E-state index in [1.165, 1.54) is 0 Å². The van der Waals surface area contributed by atoms with Crippen LogP contribution < -0.4 is 5.32 Å². The average Bonchev–Trinajstić information content (AvgIpc) is 3.14. The van der Waals surface area contributed by atoms with Gasteiger partial charge in [0.15, 0.2) is 0 Å². The van der Waals surface area contributed by atoms with Crippen LogP contribution in [0.1, 0.15) is 34.5 Å². The Labute approximate surface area is 180 Å². The summed E-state index contributed by atoms with van der Waals surface area (Å²) in [6.07, 6.45) is -3.26. The summed E-state index contributed by atoms with van der Waals surface area (Å²) in [6, 6.07) is 20.9. The summed E-state index contributed by atoms with van der Waals surface area (Å²) >= 11 is 0. The summed E-state index contributed by atoms with van der Waals surface area (Å²) in [5.41, 5.74) is 5.11. The predicted molar refractivity (Wildman–Crippen MR) is 114 cm³/mol. The molecular formula is C24H24N2O5. The third-order valence-electron chi connectivity index (χ3n) is 5.46. The van der Waals surface area contributed by atoms with Crippen molar-refractivity contribution in [2.75, 3.05) is 13.2 Å². The van der Waals surface area contributed by atoms with Gasteiger partial charge in [0.25, 0.3) is 0 Å². The van der Waals surface area contributed by atoms with E-state index in [1.54, 1.807) is 18.2 Å². The van der Waals surface area contributed by atoms with Crippen LogP contribution in [0, 0.1) is 0 Å². The number of pyridine rings is 1. The van der Waals surface area contributed by atoms with E-state index in [2.05, 4.69) is 22.4 Å². The number of ether oxygens (including phenoxy) is 1. The molecule has 0 bridgehead atoms. The number of hydrogen-bond donors (Lipinski definition) is 4. The normalized spacial score (nSPS) is 14.4. The molecule has 1 heterocycles. The van der Waals surface area contributed by atoms with E-state index in [0.29, 0.717) is 5.69 Å². The minimum atomic E-state index is -1.31. The molecule has 1 aliphatic carbocycles. The number of carbonyl (C=O) groups excluding carboxylic acids is 1. The Kier molecular flexibility index (Phi) is 6.27. The molecule has 31 heavy (non-hydrogen) atoms. The van der Waals surface area contributed by atoms with E-state index in [4.69, 9.17) is 9.84 Å². The van der Waals surface area contributed by atoms with Crippen LogP contribution in [-0.4, -0.2) is 45.7 Å². The molecule has 4 N–H and O–H groups in total. The number of aliphatic hydroxyl groups is 3. The Morgan fingerprint density at radius 3 is 2.26 bits per heavy atom. The molecule has 0 fully saturated rings. The minimum absolute atomic E-state index is 0.0564. The second-order valence-electron chi connectivity index (χ2n) is 7.43. The predicted octanol–water partition coefficient (Wildman–Crippen LogP) is 2.51. The number of carbonyl (C=O) groups is 1. The lowest BCUT2D eigenvalue weighted by Crippen LogP contribution is -2.36. The van der Waals surface area contributed by atoms with Gasteiger partial charge >= 0.3 is 6.09 Å². The third kappa shape index (κ3) is 4.44. The molecule has 0 saturated heterocycles. The molecule has 1 aliphatic rings. The molecule has 0 spiro atoms. The van der Waals surface area contributed by atoms with Gasteiger partial charge in [0.2, 0.25) is 0 Å². The molecule has 7 heteroatoms. The van der Waals surface area contributed by atoms with Crippen molar-refractivity contribution in [1.82, 2.24) is 10.3 Å². The van der Waals surface area contributed by atoms with E-state index in [1.807, 2.05) is 36.4 Å². The fourth-order valence-electron chi connectivity index (χ4n) is 3.90. The zero-order chi connectivity index (χ0) is 21.8. The van der Waals surface area contributed by atoms with Crippen molar-refractivity contribution in [2.45, 2.75) is 24.7 Å². The standard InChI is InChI=1S/C24H24N2O5/c27-13-15-6-5-11-21(26-15)23(29)22(28)12-25-24(30)31-14-20-18-9-3-1-7-16(18)17-8-2-4-10-19(17)20/h1-11,20,22-23,27-29H,12-14H2,(H,25,30). The van der Waals surface area contributed by atoms with Crippen molar-refractivity contribution >= 4 is 6.09 Å². The van der Waals surface area contributed by atoms with Gasteiger partial charge in [-0.1, -0.05) is 54.6 Å². The smallest absolute Gasteiger partial charge is 0.407 e. The third-order valence-corrected chi connectivity index (χ3v) is 5.46. The molecule has 1 amide bonds. The van der Waals surface area contributed by atoms with Gasteiger partial charge in [0.1, 0.15) is 18.8 Å². The van der Waals surface area contributed by atoms with Gasteiger partial charge in [-0.3, -0.25) is 4.98 Å².